The summed E-state index contributed by atoms with van der Waals surface area (Å²) >= 11 is 3.56. The average Bonchev–Trinajstić information content (AvgIpc) is 2.72. The third kappa shape index (κ3) is 4.71. The Balaban J connectivity index is 1.65. The van der Waals surface area contributed by atoms with Crippen molar-refractivity contribution >= 4 is 33.4 Å². The van der Waals surface area contributed by atoms with Gasteiger partial charge in [0, 0.05) is 27.8 Å². The van der Waals surface area contributed by atoms with E-state index < -0.39 is 0 Å². The Labute approximate surface area is 175 Å². The molecule has 1 heterocycles. The number of nitrogens with one attached hydrogen (secondary N) is 2. The van der Waals surface area contributed by atoms with Gasteiger partial charge in [-0.25, -0.2) is 4.98 Å². The molecule has 1 fully saturated rings. The Morgan fingerprint density at radius 3 is 2.46 bits per heavy atom. The number of hydrogen-bond acceptors (Lipinski definition) is 4. The number of halogens is 1. The Kier molecular flexibility index (Phi) is 5.91. The number of aromatic nitrogens is 2. The summed E-state index contributed by atoms with van der Waals surface area (Å²) in [4.78, 5) is 9.56. The summed E-state index contributed by atoms with van der Waals surface area (Å²) in [5.41, 5.74) is 4.21. The van der Waals surface area contributed by atoms with E-state index in [1.807, 2.05) is 24.3 Å². The fraction of sp³-hybridized carbons (Fsp3) is 0.304. The Hall–Kier alpha value is -2.40. The molecule has 1 aromatic heterocycles. The molecule has 0 spiro atoms. The standard InChI is InChI=1S/C23H25BrN4/c1-16-14-19(12-13-20(16)24)25-22-15-21(17-8-4-2-5-9-17)27-23(28-22)26-18-10-6-3-7-11-18/h2,4-5,8-9,12-15,18H,3,6-7,10-11H2,1H3,(H2,25,26,27,28). The van der Waals surface area contributed by atoms with Gasteiger partial charge in [0.15, 0.2) is 0 Å². The van der Waals surface area contributed by atoms with Gasteiger partial charge in [-0.2, -0.15) is 4.98 Å². The van der Waals surface area contributed by atoms with Crippen molar-refractivity contribution in [3.8, 4) is 11.3 Å². The topological polar surface area (TPSA) is 49.8 Å². The monoisotopic (exact) mass is 436 g/mol. The van der Waals surface area contributed by atoms with Crippen molar-refractivity contribution in [1.29, 1.82) is 0 Å². The van der Waals surface area contributed by atoms with Crippen molar-refractivity contribution in [3.05, 3.63) is 64.6 Å². The zero-order valence-electron chi connectivity index (χ0n) is 16.1. The van der Waals surface area contributed by atoms with Crippen LogP contribution in [0.15, 0.2) is 59.1 Å². The second-order valence-electron chi connectivity index (χ2n) is 7.40. The normalized spacial score (nSPS) is 14.6. The van der Waals surface area contributed by atoms with Crippen LogP contribution in [0.3, 0.4) is 0 Å². The van der Waals surface area contributed by atoms with Crippen LogP contribution in [-0.2, 0) is 0 Å². The van der Waals surface area contributed by atoms with Crippen LogP contribution in [0.4, 0.5) is 17.5 Å². The Morgan fingerprint density at radius 2 is 1.71 bits per heavy atom. The minimum Gasteiger partial charge on any atom is -0.351 e. The smallest absolute Gasteiger partial charge is 0.225 e. The van der Waals surface area contributed by atoms with Crippen LogP contribution in [0.2, 0.25) is 0 Å². The van der Waals surface area contributed by atoms with Crippen LogP contribution in [0, 0.1) is 6.92 Å². The van der Waals surface area contributed by atoms with Gasteiger partial charge in [-0.05, 0) is 43.5 Å². The largest absolute Gasteiger partial charge is 0.351 e. The van der Waals surface area contributed by atoms with Gasteiger partial charge in [-0.15, -0.1) is 0 Å². The number of hydrogen-bond donors (Lipinski definition) is 2. The molecule has 5 heteroatoms. The quantitative estimate of drug-likeness (QED) is 0.466. The van der Waals surface area contributed by atoms with Crippen molar-refractivity contribution in [2.75, 3.05) is 10.6 Å². The van der Waals surface area contributed by atoms with Gasteiger partial charge in [0.05, 0.1) is 5.69 Å². The molecule has 2 N–H and O–H groups in total. The summed E-state index contributed by atoms with van der Waals surface area (Å²) in [5.74, 6) is 1.50. The SMILES string of the molecule is Cc1cc(Nc2cc(-c3ccccc3)nc(NC3CCCCC3)n2)ccc1Br. The van der Waals surface area contributed by atoms with E-state index in [-0.39, 0.29) is 0 Å². The minimum atomic E-state index is 0.461. The van der Waals surface area contributed by atoms with Crippen molar-refractivity contribution in [3.63, 3.8) is 0 Å². The van der Waals surface area contributed by atoms with Crippen molar-refractivity contribution in [2.24, 2.45) is 0 Å². The molecule has 0 bridgehead atoms. The van der Waals surface area contributed by atoms with E-state index in [1.54, 1.807) is 0 Å². The average molecular weight is 437 g/mol. The first-order valence-electron chi connectivity index (χ1n) is 9.91. The zero-order chi connectivity index (χ0) is 19.3. The predicted octanol–water partition coefficient (Wildman–Crippen LogP) is 6.70. The molecule has 1 aliphatic carbocycles. The molecular formula is C23H25BrN4. The molecule has 4 rings (SSSR count). The highest BCUT2D eigenvalue weighted by atomic mass is 79.9. The summed E-state index contributed by atoms with van der Waals surface area (Å²) < 4.78 is 1.10. The van der Waals surface area contributed by atoms with Gasteiger partial charge in [-0.1, -0.05) is 65.5 Å². The van der Waals surface area contributed by atoms with E-state index in [0.29, 0.717) is 12.0 Å². The molecule has 0 amide bonds. The van der Waals surface area contributed by atoms with Gasteiger partial charge in [-0.3, -0.25) is 0 Å². The lowest BCUT2D eigenvalue weighted by molar-refractivity contribution is 0.461. The highest BCUT2D eigenvalue weighted by molar-refractivity contribution is 9.10. The minimum absolute atomic E-state index is 0.461. The fourth-order valence-electron chi connectivity index (χ4n) is 3.63. The third-order valence-electron chi connectivity index (χ3n) is 5.16. The summed E-state index contributed by atoms with van der Waals surface area (Å²) in [6.45, 7) is 2.08. The van der Waals surface area contributed by atoms with Crippen molar-refractivity contribution in [1.82, 2.24) is 9.97 Å². The molecule has 144 valence electrons. The van der Waals surface area contributed by atoms with Crippen LogP contribution in [0.25, 0.3) is 11.3 Å². The molecule has 0 aliphatic heterocycles. The lowest BCUT2D eigenvalue weighted by Gasteiger charge is -2.23. The van der Waals surface area contributed by atoms with E-state index >= 15 is 0 Å². The maximum Gasteiger partial charge on any atom is 0.225 e. The number of aryl methyl sites for hydroxylation is 1. The van der Waals surface area contributed by atoms with Crippen LogP contribution in [-0.4, -0.2) is 16.0 Å². The number of nitrogens with zero attached hydrogens (tertiary/aromatic N) is 2. The van der Waals surface area contributed by atoms with Gasteiger partial charge in [0.1, 0.15) is 5.82 Å². The summed E-state index contributed by atoms with van der Waals surface area (Å²) in [5, 5.41) is 7.02. The molecule has 0 atom stereocenters. The number of benzene rings is 2. The van der Waals surface area contributed by atoms with E-state index in [2.05, 4.69) is 63.8 Å². The van der Waals surface area contributed by atoms with E-state index in [9.17, 15) is 0 Å². The Bertz CT molecular complexity index is 937. The number of rotatable bonds is 5. The first kappa shape index (κ1) is 18.9. The summed E-state index contributed by atoms with van der Waals surface area (Å²) in [6, 6.07) is 19.0. The Morgan fingerprint density at radius 1 is 0.929 bits per heavy atom. The van der Waals surface area contributed by atoms with Gasteiger partial charge in [0.2, 0.25) is 5.95 Å². The lowest BCUT2D eigenvalue weighted by Crippen LogP contribution is -2.23. The van der Waals surface area contributed by atoms with Crippen molar-refractivity contribution in [2.45, 2.75) is 45.1 Å². The van der Waals surface area contributed by atoms with Gasteiger partial charge < -0.3 is 10.6 Å². The first-order chi connectivity index (χ1) is 13.7. The highest BCUT2D eigenvalue weighted by Gasteiger charge is 2.15. The van der Waals surface area contributed by atoms with E-state index in [4.69, 9.17) is 9.97 Å². The van der Waals surface area contributed by atoms with Gasteiger partial charge >= 0.3 is 0 Å². The lowest BCUT2D eigenvalue weighted by atomic mass is 9.96. The highest BCUT2D eigenvalue weighted by Crippen LogP contribution is 2.27. The summed E-state index contributed by atoms with van der Waals surface area (Å²) in [7, 11) is 0. The third-order valence-corrected chi connectivity index (χ3v) is 6.05. The maximum atomic E-state index is 4.80. The zero-order valence-corrected chi connectivity index (χ0v) is 17.7. The fourth-order valence-corrected chi connectivity index (χ4v) is 3.88. The second kappa shape index (κ2) is 8.74. The molecule has 3 aromatic rings. The van der Waals surface area contributed by atoms with Crippen LogP contribution < -0.4 is 10.6 Å². The predicted molar refractivity (Wildman–Crippen MR) is 120 cm³/mol. The first-order valence-corrected chi connectivity index (χ1v) is 10.7. The molecule has 1 saturated carbocycles. The van der Waals surface area contributed by atoms with Crippen LogP contribution in [0.1, 0.15) is 37.7 Å². The maximum absolute atomic E-state index is 4.80. The summed E-state index contributed by atoms with van der Waals surface area (Å²) in [6.07, 6.45) is 6.26. The van der Waals surface area contributed by atoms with E-state index in [1.165, 1.54) is 37.7 Å². The molecule has 2 aromatic carbocycles. The van der Waals surface area contributed by atoms with Crippen LogP contribution in [0.5, 0.6) is 0 Å². The molecule has 4 nitrogen and oxygen atoms in total. The molecule has 0 unspecified atom stereocenters. The van der Waals surface area contributed by atoms with E-state index in [0.717, 1.165) is 27.2 Å². The second-order valence-corrected chi connectivity index (χ2v) is 8.25. The van der Waals surface area contributed by atoms with Crippen LogP contribution >= 0.6 is 15.9 Å². The number of anilines is 3. The molecule has 0 radical (unpaired) electrons. The van der Waals surface area contributed by atoms with Crippen molar-refractivity contribution < 1.29 is 0 Å². The molecule has 1 aliphatic rings. The molecule has 28 heavy (non-hydrogen) atoms. The molecular weight excluding hydrogens is 412 g/mol. The molecule has 0 saturated heterocycles. The van der Waals surface area contributed by atoms with Gasteiger partial charge in [0.25, 0.3) is 0 Å².